The van der Waals surface area contributed by atoms with Gasteiger partial charge in [-0.3, -0.25) is 9.69 Å². The number of hydrogen-bond donors (Lipinski definition) is 1. The van der Waals surface area contributed by atoms with Gasteiger partial charge >= 0.3 is 0 Å². The number of carbonyl (C=O) groups excluding carboxylic acids is 1. The number of piperidine rings is 1. The summed E-state index contributed by atoms with van der Waals surface area (Å²) in [4.78, 5) is 16.5. The predicted octanol–water partition coefficient (Wildman–Crippen LogP) is -0.237. The van der Waals surface area contributed by atoms with E-state index < -0.39 is 0 Å². The van der Waals surface area contributed by atoms with Gasteiger partial charge in [-0.25, -0.2) is 0 Å². The molecule has 0 radical (unpaired) electrons. The molecule has 4 heteroatoms. The minimum Gasteiger partial charge on any atom is -0.340 e. The highest BCUT2D eigenvalue weighted by Crippen LogP contribution is 2.14. The van der Waals surface area contributed by atoms with Gasteiger partial charge in [0, 0.05) is 32.7 Å². The molecule has 1 N–H and O–H groups in total. The Morgan fingerprint density at radius 1 is 1.35 bits per heavy atom. The molecule has 0 aromatic carbocycles. The van der Waals surface area contributed by atoms with E-state index in [1.165, 1.54) is 0 Å². The van der Waals surface area contributed by atoms with Crippen molar-refractivity contribution in [2.45, 2.75) is 12.8 Å². The first kappa shape index (κ1) is 12.4. The topological polar surface area (TPSA) is 35.6 Å². The number of amides is 1. The van der Waals surface area contributed by atoms with Gasteiger partial charge in [0.1, 0.15) is 0 Å². The van der Waals surface area contributed by atoms with Crippen molar-refractivity contribution in [2.24, 2.45) is 5.92 Å². The predicted molar refractivity (Wildman–Crippen MR) is 67.4 cm³/mol. The first-order chi connectivity index (χ1) is 8.31. The molecule has 2 fully saturated rings. The second kappa shape index (κ2) is 6.04. The van der Waals surface area contributed by atoms with Crippen LogP contribution < -0.4 is 5.32 Å². The van der Waals surface area contributed by atoms with Crippen LogP contribution in [0.4, 0.5) is 0 Å². The van der Waals surface area contributed by atoms with Crippen molar-refractivity contribution in [3.8, 4) is 12.3 Å². The number of piperazine rings is 1. The van der Waals surface area contributed by atoms with Gasteiger partial charge in [0.15, 0.2) is 0 Å². The fraction of sp³-hybridized carbons (Fsp3) is 0.769. The number of carbonyl (C=O) groups is 1. The van der Waals surface area contributed by atoms with E-state index in [0.717, 1.165) is 52.1 Å². The highest BCUT2D eigenvalue weighted by atomic mass is 16.2. The Balaban J connectivity index is 1.79. The summed E-state index contributed by atoms with van der Waals surface area (Å²) in [6.45, 7) is 6.09. The Morgan fingerprint density at radius 2 is 2.12 bits per heavy atom. The van der Waals surface area contributed by atoms with Crippen LogP contribution in [0.25, 0.3) is 0 Å². The van der Waals surface area contributed by atoms with Crippen LogP contribution in [0.2, 0.25) is 0 Å². The van der Waals surface area contributed by atoms with Gasteiger partial charge in [0.25, 0.3) is 0 Å². The van der Waals surface area contributed by atoms with Gasteiger partial charge in [-0.1, -0.05) is 5.92 Å². The molecule has 1 unspecified atom stereocenters. The molecule has 2 heterocycles. The summed E-state index contributed by atoms with van der Waals surface area (Å²) in [5, 5.41) is 3.30. The molecule has 1 amide bonds. The lowest BCUT2D eigenvalue weighted by Crippen LogP contribution is -2.52. The van der Waals surface area contributed by atoms with E-state index in [0.29, 0.717) is 12.5 Å². The summed E-state index contributed by atoms with van der Waals surface area (Å²) >= 11 is 0. The lowest BCUT2D eigenvalue weighted by Gasteiger charge is -2.36. The summed E-state index contributed by atoms with van der Waals surface area (Å²) in [7, 11) is 0. The maximum Gasteiger partial charge on any atom is 0.227 e. The third-order valence-electron chi connectivity index (χ3n) is 3.64. The van der Waals surface area contributed by atoms with Crippen molar-refractivity contribution < 1.29 is 4.79 Å². The number of terminal acetylenes is 1. The lowest BCUT2D eigenvalue weighted by atomic mass is 9.98. The summed E-state index contributed by atoms with van der Waals surface area (Å²) in [5.74, 6) is 3.19. The molecule has 1 atom stereocenters. The van der Waals surface area contributed by atoms with Gasteiger partial charge in [0.2, 0.25) is 5.91 Å². The summed E-state index contributed by atoms with van der Waals surface area (Å²) in [6.07, 6.45) is 7.45. The van der Waals surface area contributed by atoms with Crippen LogP contribution in [0.15, 0.2) is 0 Å². The highest BCUT2D eigenvalue weighted by molar-refractivity contribution is 5.79. The summed E-state index contributed by atoms with van der Waals surface area (Å²) < 4.78 is 0. The molecule has 17 heavy (non-hydrogen) atoms. The smallest absolute Gasteiger partial charge is 0.227 e. The number of rotatable bonds is 2. The Bertz CT molecular complexity index is 296. The molecule has 2 aliphatic heterocycles. The Kier molecular flexibility index (Phi) is 4.41. The van der Waals surface area contributed by atoms with Crippen LogP contribution in [0, 0.1) is 18.3 Å². The van der Waals surface area contributed by atoms with Gasteiger partial charge < -0.3 is 10.2 Å². The van der Waals surface area contributed by atoms with Crippen molar-refractivity contribution in [3.05, 3.63) is 0 Å². The molecule has 0 aliphatic carbocycles. The molecule has 2 rings (SSSR count). The van der Waals surface area contributed by atoms with Gasteiger partial charge in [-0.2, -0.15) is 0 Å². The average Bonchev–Trinajstić information content (AvgIpc) is 2.40. The summed E-state index contributed by atoms with van der Waals surface area (Å²) in [5.41, 5.74) is 0. The van der Waals surface area contributed by atoms with E-state index in [2.05, 4.69) is 16.1 Å². The highest BCUT2D eigenvalue weighted by Gasteiger charge is 2.27. The SMILES string of the molecule is C#CCN1CCN(C(=O)C2CCCNC2)CC1. The van der Waals surface area contributed by atoms with Crippen molar-refractivity contribution in [2.75, 3.05) is 45.8 Å². The van der Waals surface area contributed by atoms with Crippen LogP contribution in [-0.4, -0.2) is 61.5 Å². The molecular weight excluding hydrogens is 214 g/mol. The molecule has 4 nitrogen and oxygen atoms in total. The third-order valence-corrected chi connectivity index (χ3v) is 3.64. The lowest BCUT2D eigenvalue weighted by molar-refractivity contribution is -0.137. The molecule has 0 aromatic rings. The van der Waals surface area contributed by atoms with E-state index >= 15 is 0 Å². The second-order valence-electron chi connectivity index (χ2n) is 4.85. The molecular formula is C13H21N3O. The number of nitrogens with one attached hydrogen (secondary N) is 1. The molecule has 2 saturated heterocycles. The molecule has 94 valence electrons. The second-order valence-corrected chi connectivity index (χ2v) is 4.85. The van der Waals surface area contributed by atoms with Crippen molar-refractivity contribution in [1.29, 1.82) is 0 Å². The minimum absolute atomic E-state index is 0.197. The van der Waals surface area contributed by atoms with Gasteiger partial charge in [-0.15, -0.1) is 6.42 Å². The quantitative estimate of drug-likeness (QED) is 0.671. The van der Waals surface area contributed by atoms with Gasteiger partial charge in [0.05, 0.1) is 12.5 Å². The zero-order valence-corrected chi connectivity index (χ0v) is 10.3. The zero-order chi connectivity index (χ0) is 12.1. The van der Waals surface area contributed by atoms with Crippen LogP contribution in [-0.2, 0) is 4.79 Å². The molecule has 0 saturated carbocycles. The zero-order valence-electron chi connectivity index (χ0n) is 10.3. The average molecular weight is 235 g/mol. The molecule has 0 aromatic heterocycles. The maximum atomic E-state index is 12.2. The third kappa shape index (κ3) is 3.21. The standard InChI is InChI=1S/C13H21N3O/c1-2-6-15-7-9-16(10-8-15)13(17)12-4-3-5-14-11-12/h1,12,14H,3-11H2. The molecule has 0 bridgehead atoms. The fourth-order valence-corrected chi connectivity index (χ4v) is 2.58. The minimum atomic E-state index is 0.197. The van der Waals surface area contributed by atoms with E-state index in [1.54, 1.807) is 0 Å². The van der Waals surface area contributed by atoms with Crippen LogP contribution >= 0.6 is 0 Å². The Hall–Kier alpha value is -1.05. The molecule has 2 aliphatic rings. The maximum absolute atomic E-state index is 12.2. The monoisotopic (exact) mass is 235 g/mol. The largest absolute Gasteiger partial charge is 0.340 e. The van der Waals surface area contributed by atoms with Crippen LogP contribution in [0.1, 0.15) is 12.8 Å². The van der Waals surface area contributed by atoms with E-state index in [-0.39, 0.29) is 5.92 Å². The van der Waals surface area contributed by atoms with Crippen molar-refractivity contribution in [3.63, 3.8) is 0 Å². The Labute approximate surface area is 103 Å². The first-order valence-corrected chi connectivity index (χ1v) is 6.46. The fourth-order valence-electron chi connectivity index (χ4n) is 2.58. The van der Waals surface area contributed by atoms with Gasteiger partial charge in [-0.05, 0) is 19.4 Å². The van der Waals surface area contributed by atoms with E-state index in [9.17, 15) is 4.79 Å². The Morgan fingerprint density at radius 3 is 2.71 bits per heavy atom. The first-order valence-electron chi connectivity index (χ1n) is 6.46. The number of hydrogen-bond acceptors (Lipinski definition) is 3. The normalized spacial score (nSPS) is 26.5. The summed E-state index contributed by atoms with van der Waals surface area (Å²) in [6, 6.07) is 0. The van der Waals surface area contributed by atoms with Crippen molar-refractivity contribution in [1.82, 2.24) is 15.1 Å². The van der Waals surface area contributed by atoms with Crippen LogP contribution in [0.5, 0.6) is 0 Å². The number of nitrogens with zero attached hydrogens (tertiary/aromatic N) is 2. The molecule has 0 spiro atoms. The van der Waals surface area contributed by atoms with E-state index in [4.69, 9.17) is 6.42 Å². The van der Waals surface area contributed by atoms with Crippen LogP contribution in [0.3, 0.4) is 0 Å². The van der Waals surface area contributed by atoms with Crippen molar-refractivity contribution >= 4 is 5.91 Å². The van der Waals surface area contributed by atoms with E-state index in [1.807, 2.05) is 4.90 Å².